The van der Waals surface area contributed by atoms with Crippen LogP contribution in [0.25, 0.3) is 0 Å². The number of benzene rings is 2. The highest BCUT2D eigenvalue weighted by Gasteiger charge is 2.26. The number of rotatable bonds is 5. The Bertz CT molecular complexity index is 734. The topological polar surface area (TPSA) is 38.8 Å². The molecule has 2 aromatic rings. The summed E-state index contributed by atoms with van der Waals surface area (Å²) in [5.74, 6) is 0.0424. The number of methoxy groups -OCH3 is 1. The van der Waals surface area contributed by atoms with Crippen molar-refractivity contribution in [3.05, 3.63) is 65.5 Å². The minimum absolute atomic E-state index is 0.0457. The number of hydrogen-bond donors (Lipinski definition) is 0. The van der Waals surface area contributed by atoms with Crippen molar-refractivity contribution in [1.82, 2.24) is 4.90 Å². The first-order valence-electron chi connectivity index (χ1n) is 8.45. The van der Waals surface area contributed by atoms with Gasteiger partial charge in [-0.15, -0.1) is 0 Å². The van der Waals surface area contributed by atoms with Gasteiger partial charge in [-0.3, -0.25) is 4.79 Å². The molecule has 1 aliphatic heterocycles. The average molecular weight is 343 g/mol. The molecule has 132 valence electrons. The zero-order valence-electron chi connectivity index (χ0n) is 14.3. The van der Waals surface area contributed by atoms with Gasteiger partial charge in [-0.05, 0) is 42.7 Å². The van der Waals surface area contributed by atoms with E-state index in [1.54, 1.807) is 24.1 Å². The van der Waals surface area contributed by atoms with E-state index in [4.69, 9.17) is 9.47 Å². The third-order valence-electron chi connectivity index (χ3n) is 4.39. The van der Waals surface area contributed by atoms with Crippen LogP contribution in [-0.2, 0) is 11.3 Å². The zero-order valence-corrected chi connectivity index (χ0v) is 14.3. The van der Waals surface area contributed by atoms with Gasteiger partial charge in [-0.2, -0.15) is 0 Å². The van der Waals surface area contributed by atoms with Crippen LogP contribution in [0.4, 0.5) is 4.39 Å². The second-order valence-electron chi connectivity index (χ2n) is 6.16. The van der Waals surface area contributed by atoms with Gasteiger partial charge < -0.3 is 14.4 Å². The highest BCUT2D eigenvalue weighted by atomic mass is 19.1. The molecule has 25 heavy (non-hydrogen) atoms. The number of nitrogens with zero attached hydrogens (tertiary/aromatic N) is 1. The van der Waals surface area contributed by atoms with Crippen molar-refractivity contribution in [2.24, 2.45) is 0 Å². The van der Waals surface area contributed by atoms with Gasteiger partial charge in [-0.1, -0.05) is 24.3 Å². The number of likely N-dealkylation sites (tertiary alicyclic amines) is 1. The molecule has 0 aliphatic carbocycles. The summed E-state index contributed by atoms with van der Waals surface area (Å²) in [5.41, 5.74) is 1.15. The molecule has 0 N–H and O–H groups in total. The molecule has 0 spiro atoms. The number of carbonyl (C=O) groups excluding carboxylic acids is 1. The van der Waals surface area contributed by atoms with Crippen molar-refractivity contribution < 1.29 is 18.7 Å². The van der Waals surface area contributed by atoms with Crippen molar-refractivity contribution in [2.75, 3.05) is 20.2 Å². The van der Waals surface area contributed by atoms with Crippen LogP contribution < -0.4 is 4.74 Å². The molecule has 0 unspecified atom stereocenters. The summed E-state index contributed by atoms with van der Waals surface area (Å²) in [6, 6.07) is 13.8. The van der Waals surface area contributed by atoms with Crippen LogP contribution in [0.15, 0.2) is 48.5 Å². The number of ether oxygens (including phenoxy) is 2. The smallest absolute Gasteiger partial charge is 0.256 e. The molecule has 3 rings (SSSR count). The van der Waals surface area contributed by atoms with Gasteiger partial charge in [0.05, 0.1) is 25.4 Å². The van der Waals surface area contributed by atoms with Crippen LogP contribution in [0, 0.1) is 5.82 Å². The maximum absolute atomic E-state index is 13.8. The Kier molecular flexibility index (Phi) is 5.66. The Morgan fingerprint density at radius 3 is 2.88 bits per heavy atom. The lowest BCUT2D eigenvalue weighted by molar-refractivity contribution is -0.00689. The molecule has 2 aromatic carbocycles. The fourth-order valence-corrected chi connectivity index (χ4v) is 3.04. The fourth-order valence-electron chi connectivity index (χ4n) is 3.04. The summed E-state index contributed by atoms with van der Waals surface area (Å²) in [6.45, 7) is 1.58. The normalized spacial score (nSPS) is 17.4. The second-order valence-corrected chi connectivity index (χ2v) is 6.16. The van der Waals surface area contributed by atoms with E-state index in [-0.39, 0.29) is 17.6 Å². The summed E-state index contributed by atoms with van der Waals surface area (Å²) in [7, 11) is 1.63. The molecule has 0 aromatic heterocycles. The number of halogens is 1. The molecular weight excluding hydrogens is 321 g/mol. The molecule has 1 amide bonds. The Morgan fingerprint density at radius 1 is 1.24 bits per heavy atom. The van der Waals surface area contributed by atoms with Gasteiger partial charge in [0, 0.05) is 13.1 Å². The first-order chi connectivity index (χ1) is 12.2. The van der Waals surface area contributed by atoms with Crippen LogP contribution in [0.3, 0.4) is 0 Å². The molecule has 0 bridgehead atoms. The van der Waals surface area contributed by atoms with Crippen LogP contribution in [0.2, 0.25) is 0 Å². The second kappa shape index (κ2) is 8.12. The Labute approximate surface area is 147 Å². The largest absolute Gasteiger partial charge is 0.497 e. The lowest BCUT2D eigenvalue weighted by Crippen LogP contribution is -2.43. The van der Waals surface area contributed by atoms with E-state index in [1.165, 1.54) is 12.1 Å². The minimum atomic E-state index is -0.480. The third kappa shape index (κ3) is 4.37. The quantitative estimate of drug-likeness (QED) is 0.832. The van der Waals surface area contributed by atoms with E-state index in [0.717, 1.165) is 24.2 Å². The molecule has 1 fully saturated rings. The SMILES string of the molecule is COc1cccc(CO[C@@H]2CCCN(C(=O)c3ccccc3F)C2)c1. The van der Waals surface area contributed by atoms with Crippen molar-refractivity contribution in [1.29, 1.82) is 0 Å². The molecule has 4 nitrogen and oxygen atoms in total. The van der Waals surface area contributed by atoms with Crippen LogP contribution in [0.5, 0.6) is 5.75 Å². The summed E-state index contributed by atoms with van der Waals surface area (Å²) in [6.07, 6.45) is 1.70. The van der Waals surface area contributed by atoms with Crippen LogP contribution in [0.1, 0.15) is 28.8 Å². The van der Waals surface area contributed by atoms with E-state index in [9.17, 15) is 9.18 Å². The van der Waals surface area contributed by atoms with Crippen molar-refractivity contribution in [2.45, 2.75) is 25.6 Å². The molecule has 5 heteroatoms. The highest BCUT2D eigenvalue weighted by molar-refractivity contribution is 5.94. The monoisotopic (exact) mass is 343 g/mol. The van der Waals surface area contributed by atoms with Gasteiger partial charge in [-0.25, -0.2) is 4.39 Å². The molecule has 1 heterocycles. The summed E-state index contributed by atoms with van der Waals surface area (Å²) >= 11 is 0. The Balaban J connectivity index is 1.59. The first-order valence-corrected chi connectivity index (χ1v) is 8.45. The van der Waals surface area contributed by atoms with E-state index in [1.807, 2.05) is 24.3 Å². The molecule has 1 atom stereocenters. The Morgan fingerprint density at radius 2 is 2.08 bits per heavy atom. The summed E-state index contributed by atoms with van der Waals surface area (Å²) < 4.78 is 25.0. The highest BCUT2D eigenvalue weighted by Crippen LogP contribution is 2.20. The molecule has 0 radical (unpaired) electrons. The molecule has 0 saturated carbocycles. The third-order valence-corrected chi connectivity index (χ3v) is 4.39. The number of amides is 1. The standard InChI is InChI=1S/C20H22FNO3/c1-24-16-7-4-6-15(12-16)14-25-17-8-5-11-22(13-17)20(23)18-9-2-3-10-19(18)21/h2-4,6-7,9-10,12,17H,5,8,11,13-14H2,1H3/t17-/m1/s1. The van der Waals surface area contributed by atoms with Gasteiger partial charge in [0.2, 0.25) is 0 Å². The minimum Gasteiger partial charge on any atom is -0.497 e. The van der Waals surface area contributed by atoms with E-state index in [2.05, 4.69) is 0 Å². The number of piperidine rings is 1. The lowest BCUT2D eigenvalue weighted by atomic mass is 10.1. The first kappa shape index (κ1) is 17.4. The van der Waals surface area contributed by atoms with E-state index >= 15 is 0 Å². The van der Waals surface area contributed by atoms with Gasteiger partial charge in [0.25, 0.3) is 5.91 Å². The summed E-state index contributed by atoms with van der Waals surface area (Å²) in [4.78, 5) is 14.2. The van der Waals surface area contributed by atoms with Gasteiger partial charge in [0.1, 0.15) is 11.6 Å². The zero-order chi connectivity index (χ0) is 17.6. The average Bonchev–Trinajstić information content (AvgIpc) is 2.66. The maximum atomic E-state index is 13.8. The van der Waals surface area contributed by atoms with E-state index in [0.29, 0.717) is 19.7 Å². The lowest BCUT2D eigenvalue weighted by Gasteiger charge is -2.32. The van der Waals surface area contributed by atoms with Crippen molar-refractivity contribution in [3.8, 4) is 5.75 Å². The number of hydrogen-bond acceptors (Lipinski definition) is 3. The predicted molar refractivity (Wildman–Crippen MR) is 93.1 cm³/mol. The van der Waals surface area contributed by atoms with Gasteiger partial charge in [0.15, 0.2) is 0 Å². The molecular formula is C20H22FNO3. The van der Waals surface area contributed by atoms with Crippen LogP contribution >= 0.6 is 0 Å². The Hall–Kier alpha value is -2.40. The number of carbonyl (C=O) groups is 1. The summed E-state index contributed by atoms with van der Waals surface area (Å²) in [5, 5.41) is 0. The van der Waals surface area contributed by atoms with E-state index < -0.39 is 5.82 Å². The fraction of sp³-hybridized carbons (Fsp3) is 0.350. The molecule has 1 saturated heterocycles. The van der Waals surface area contributed by atoms with Crippen molar-refractivity contribution in [3.63, 3.8) is 0 Å². The van der Waals surface area contributed by atoms with Crippen LogP contribution in [-0.4, -0.2) is 37.1 Å². The molecule has 1 aliphatic rings. The predicted octanol–water partition coefficient (Wildman–Crippen LogP) is 3.66. The van der Waals surface area contributed by atoms with Gasteiger partial charge >= 0.3 is 0 Å². The van der Waals surface area contributed by atoms with Crippen molar-refractivity contribution >= 4 is 5.91 Å². The maximum Gasteiger partial charge on any atom is 0.256 e.